The largest absolute Gasteiger partial charge is 0.484 e. The van der Waals surface area contributed by atoms with E-state index >= 15 is 0 Å². The first-order valence-corrected chi connectivity index (χ1v) is 9.96. The Morgan fingerprint density at radius 1 is 1.30 bits per heavy atom. The number of amides is 2. The number of likely N-dealkylation sites (tertiary alicyclic amines) is 1. The van der Waals surface area contributed by atoms with E-state index in [-0.39, 0.29) is 18.4 Å². The quantitative estimate of drug-likeness (QED) is 0.720. The third-order valence-electron chi connectivity index (χ3n) is 5.00. The van der Waals surface area contributed by atoms with Gasteiger partial charge in [0.25, 0.3) is 11.8 Å². The molecular formula is C21H33N3O3. The van der Waals surface area contributed by atoms with Gasteiger partial charge in [-0.1, -0.05) is 25.8 Å². The molecule has 1 atom stereocenters. The molecular weight excluding hydrogens is 342 g/mol. The number of rotatable bonds is 9. The van der Waals surface area contributed by atoms with Gasteiger partial charge < -0.3 is 15.0 Å². The molecule has 0 radical (unpaired) electrons. The Morgan fingerprint density at radius 2 is 2.11 bits per heavy atom. The summed E-state index contributed by atoms with van der Waals surface area (Å²) >= 11 is 0. The number of likely N-dealkylation sites (N-methyl/N-ethyl adjacent to an activating group) is 1. The second-order valence-corrected chi connectivity index (χ2v) is 7.35. The van der Waals surface area contributed by atoms with Gasteiger partial charge in [0.2, 0.25) is 0 Å². The van der Waals surface area contributed by atoms with Crippen molar-refractivity contribution in [2.75, 3.05) is 40.3 Å². The molecule has 1 fully saturated rings. The van der Waals surface area contributed by atoms with Crippen LogP contribution in [-0.2, 0) is 4.79 Å². The third kappa shape index (κ3) is 6.86. The molecule has 27 heavy (non-hydrogen) atoms. The predicted molar refractivity (Wildman–Crippen MR) is 107 cm³/mol. The topological polar surface area (TPSA) is 61.9 Å². The van der Waals surface area contributed by atoms with Crippen LogP contribution in [0.4, 0.5) is 0 Å². The number of nitrogens with zero attached hydrogens (tertiary/aromatic N) is 2. The fraction of sp³-hybridized carbons (Fsp3) is 0.619. The minimum absolute atomic E-state index is 0.0352. The normalized spacial score (nSPS) is 17.4. The van der Waals surface area contributed by atoms with Gasteiger partial charge in [0.1, 0.15) is 5.75 Å². The van der Waals surface area contributed by atoms with Crippen molar-refractivity contribution in [2.24, 2.45) is 0 Å². The molecule has 1 saturated heterocycles. The molecule has 1 aromatic carbocycles. The second-order valence-electron chi connectivity index (χ2n) is 7.35. The zero-order chi connectivity index (χ0) is 19.6. The average molecular weight is 376 g/mol. The molecule has 0 saturated carbocycles. The van der Waals surface area contributed by atoms with Crippen molar-refractivity contribution < 1.29 is 14.3 Å². The molecule has 2 rings (SSSR count). The van der Waals surface area contributed by atoms with Crippen LogP contribution < -0.4 is 10.1 Å². The SMILES string of the molecule is CCCCN1CCCCC1CNC(=O)c1cccc(OCC(=O)N(C)C)c1. The van der Waals surface area contributed by atoms with E-state index in [0.717, 1.165) is 19.5 Å². The molecule has 1 unspecified atom stereocenters. The summed E-state index contributed by atoms with van der Waals surface area (Å²) in [5, 5.41) is 3.07. The number of unbranched alkanes of at least 4 members (excludes halogenated alkanes) is 1. The van der Waals surface area contributed by atoms with Crippen LogP contribution in [-0.4, -0.2) is 68.0 Å². The first kappa shape index (κ1) is 21.2. The molecule has 1 aromatic rings. The summed E-state index contributed by atoms with van der Waals surface area (Å²) in [6.45, 7) is 5.09. The van der Waals surface area contributed by atoms with E-state index in [1.165, 1.54) is 30.6 Å². The van der Waals surface area contributed by atoms with E-state index in [4.69, 9.17) is 4.74 Å². The highest BCUT2D eigenvalue weighted by molar-refractivity contribution is 5.94. The van der Waals surface area contributed by atoms with Crippen LogP contribution in [0, 0.1) is 0 Å². The maximum absolute atomic E-state index is 12.5. The Kier molecular flexibility index (Phi) is 8.58. The number of ether oxygens (including phenoxy) is 1. The van der Waals surface area contributed by atoms with Crippen LogP contribution in [0.1, 0.15) is 49.4 Å². The van der Waals surface area contributed by atoms with Crippen molar-refractivity contribution >= 4 is 11.8 Å². The van der Waals surface area contributed by atoms with Crippen molar-refractivity contribution in [1.82, 2.24) is 15.1 Å². The van der Waals surface area contributed by atoms with Crippen molar-refractivity contribution in [3.63, 3.8) is 0 Å². The Balaban J connectivity index is 1.87. The first-order chi connectivity index (χ1) is 13.0. The molecule has 6 nitrogen and oxygen atoms in total. The minimum Gasteiger partial charge on any atom is -0.484 e. The fourth-order valence-electron chi connectivity index (χ4n) is 3.26. The summed E-state index contributed by atoms with van der Waals surface area (Å²) < 4.78 is 5.50. The lowest BCUT2D eigenvalue weighted by Crippen LogP contribution is -2.47. The van der Waals surface area contributed by atoms with Gasteiger partial charge in [0.05, 0.1) is 0 Å². The summed E-state index contributed by atoms with van der Waals surface area (Å²) in [6.07, 6.45) is 6.01. The Bertz CT molecular complexity index is 618. The summed E-state index contributed by atoms with van der Waals surface area (Å²) in [7, 11) is 3.37. The predicted octanol–water partition coefficient (Wildman–Crippen LogP) is 2.54. The van der Waals surface area contributed by atoms with Gasteiger partial charge in [-0.05, 0) is 50.6 Å². The molecule has 1 N–H and O–H groups in total. The van der Waals surface area contributed by atoms with Gasteiger partial charge in [-0.3, -0.25) is 14.5 Å². The Hall–Kier alpha value is -2.08. The summed E-state index contributed by atoms with van der Waals surface area (Å²) in [5.41, 5.74) is 0.556. The minimum atomic E-state index is -0.116. The molecule has 6 heteroatoms. The maximum atomic E-state index is 12.5. The smallest absolute Gasteiger partial charge is 0.259 e. The van der Waals surface area contributed by atoms with E-state index in [1.54, 1.807) is 38.4 Å². The Labute approximate surface area is 162 Å². The molecule has 0 aromatic heterocycles. The van der Waals surface area contributed by atoms with Crippen LogP contribution in [0.15, 0.2) is 24.3 Å². The van der Waals surface area contributed by atoms with Gasteiger partial charge in [-0.15, -0.1) is 0 Å². The number of piperidine rings is 1. The van der Waals surface area contributed by atoms with Crippen LogP contribution in [0.3, 0.4) is 0 Å². The van der Waals surface area contributed by atoms with Gasteiger partial charge >= 0.3 is 0 Å². The van der Waals surface area contributed by atoms with Crippen molar-refractivity contribution in [3.8, 4) is 5.75 Å². The highest BCUT2D eigenvalue weighted by atomic mass is 16.5. The van der Waals surface area contributed by atoms with Crippen molar-refractivity contribution in [3.05, 3.63) is 29.8 Å². The number of benzene rings is 1. The monoisotopic (exact) mass is 375 g/mol. The van der Waals surface area contributed by atoms with E-state index in [0.29, 0.717) is 23.9 Å². The highest BCUT2D eigenvalue weighted by Gasteiger charge is 2.22. The van der Waals surface area contributed by atoms with Crippen LogP contribution in [0.5, 0.6) is 5.75 Å². The maximum Gasteiger partial charge on any atom is 0.259 e. The van der Waals surface area contributed by atoms with E-state index in [2.05, 4.69) is 17.1 Å². The summed E-state index contributed by atoms with van der Waals surface area (Å²) in [5.74, 6) is 0.315. The number of nitrogens with one attached hydrogen (secondary N) is 1. The lowest BCUT2D eigenvalue weighted by Gasteiger charge is -2.35. The third-order valence-corrected chi connectivity index (χ3v) is 5.00. The van der Waals surface area contributed by atoms with Crippen LogP contribution >= 0.6 is 0 Å². The van der Waals surface area contributed by atoms with Crippen molar-refractivity contribution in [1.29, 1.82) is 0 Å². The van der Waals surface area contributed by atoms with E-state index in [1.807, 2.05) is 0 Å². The molecule has 1 aliphatic rings. The number of carbonyl (C=O) groups is 2. The summed E-state index contributed by atoms with van der Waals surface area (Å²) in [6, 6.07) is 7.41. The first-order valence-electron chi connectivity index (χ1n) is 9.96. The van der Waals surface area contributed by atoms with Crippen molar-refractivity contribution in [2.45, 2.75) is 45.1 Å². The molecule has 1 heterocycles. The zero-order valence-corrected chi connectivity index (χ0v) is 16.9. The Morgan fingerprint density at radius 3 is 2.85 bits per heavy atom. The lowest BCUT2D eigenvalue weighted by atomic mass is 10.0. The van der Waals surface area contributed by atoms with Gasteiger partial charge in [-0.2, -0.15) is 0 Å². The molecule has 1 aliphatic heterocycles. The second kappa shape index (κ2) is 10.9. The number of hydrogen-bond acceptors (Lipinski definition) is 4. The molecule has 0 aliphatic carbocycles. The molecule has 2 amide bonds. The van der Waals surface area contributed by atoms with E-state index < -0.39 is 0 Å². The summed E-state index contributed by atoms with van der Waals surface area (Å²) in [4.78, 5) is 28.2. The van der Waals surface area contributed by atoms with Crippen LogP contribution in [0.25, 0.3) is 0 Å². The lowest BCUT2D eigenvalue weighted by molar-refractivity contribution is -0.130. The number of carbonyl (C=O) groups excluding carboxylic acids is 2. The number of hydrogen-bond donors (Lipinski definition) is 1. The zero-order valence-electron chi connectivity index (χ0n) is 16.9. The standard InChI is InChI=1S/C21H33N3O3/c1-4-5-12-24-13-7-6-10-18(24)15-22-21(26)17-9-8-11-19(14-17)27-16-20(25)23(2)3/h8-9,11,14,18H,4-7,10,12-13,15-16H2,1-3H3,(H,22,26). The van der Waals surface area contributed by atoms with Gasteiger partial charge in [0, 0.05) is 32.2 Å². The fourth-order valence-corrected chi connectivity index (χ4v) is 3.26. The van der Waals surface area contributed by atoms with Gasteiger partial charge in [0.15, 0.2) is 6.61 Å². The average Bonchev–Trinajstić information content (AvgIpc) is 2.69. The molecule has 0 bridgehead atoms. The van der Waals surface area contributed by atoms with Gasteiger partial charge in [-0.25, -0.2) is 0 Å². The molecule has 150 valence electrons. The van der Waals surface area contributed by atoms with E-state index in [9.17, 15) is 9.59 Å². The van der Waals surface area contributed by atoms with Crippen LogP contribution in [0.2, 0.25) is 0 Å². The molecule has 0 spiro atoms. The highest BCUT2D eigenvalue weighted by Crippen LogP contribution is 2.18.